The number of nitrogens with zero attached hydrogens (tertiary/aromatic N) is 1. The number of piperidine rings is 1. The molecule has 1 unspecified atom stereocenters. The highest BCUT2D eigenvalue weighted by Crippen LogP contribution is 2.24. The van der Waals surface area contributed by atoms with E-state index in [-0.39, 0.29) is 10.8 Å². The molecule has 9 heteroatoms. The molecule has 1 aromatic carbocycles. The summed E-state index contributed by atoms with van der Waals surface area (Å²) in [5, 5.41) is 0. The van der Waals surface area contributed by atoms with E-state index in [1.807, 2.05) is 7.05 Å². The van der Waals surface area contributed by atoms with Crippen LogP contribution in [0.4, 0.5) is 13.2 Å². The first-order valence-corrected chi connectivity index (χ1v) is 8.68. The molecular weight excluding hydrogens is 333 g/mol. The molecule has 1 aliphatic rings. The SMILES string of the molecule is CN1CCCC(CNS(=O)(=O)c2ccc(OC(F)(F)F)cc2)C1. The molecule has 1 aliphatic heterocycles. The molecule has 2 rings (SSSR count). The second-order valence-corrected chi connectivity index (χ2v) is 7.41. The number of ether oxygens (including phenoxy) is 1. The van der Waals surface area contributed by atoms with Crippen LogP contribution in [0.2, 0.25) is 0 Å². The van der Waals surface area contributed by atoms with Crippen molar-refractivity contribution in [3.05, 3.63) is 24.3 Å². The van der Waals surface area contributed by atoms with Crippen LogP contribution in [0.3, 0.4) is 0 Å². The van der Waals surface area contributed by atoms with Crippen molar-refractivity contribution in [2.45, 2.75) is 24.1 Å². The van der Waals surface area contributed by atoms with Gasteiger partial charge < -0.3 is 9.64 Å². The smallest absolute Gasteiger partial charge is 0.406 e. The van der Waals surface area contributed by atoms with Gasteiger partial charge in [0.2, 0.25) is 10.0 Å². The summed E-state index contributed by atoms with van der Waals surface area (Å²) in [7, 11) is -1.76. The van der Waals surface area contributed by atoms with Crippen LogP contribution in [0.1, 0.15) is 12.8 Å². The minimum absolute atomic E-state index is 0.0869. The lowest BCUT2D eigenvalue weighted by Gasteiger charge is -2.29. The summed E-state index contributed by atoms with van der Waals surface area (Å²) in [5.74, 6) is -0.221. The number of likely N-dealkylation sites (tertiary alicyclic amines) is 1. The van der Waals surface area contributed by atoms with E-state index in [9.17, 15) is 21.6 Å². The Balaban J connectivity index is 1.96. The van der Waals surface area contributed by atoms with Gasteiger partial charge in [0.15, 0.2) is 0 Å². The summed E-state index contributed by atoms with van der Waals surface area (Å²) in [6, 6.07) is 4.15. The van der Waals surface area contributed by atoms with Gasteiger partial charge in [-0.2, -0.15) is 0 Å². The molecule has 0 radical (unpaired) electrons. The first-order chi connectivity index (χ1) is 10.7. The normalized spacial score (nSPS) is 20.4. The van der Waals surface area contributed by atoms with Crippen molar-refractivity contribution < 1.29 is 26.3 Å². The molecule has 0 bridgehead atoms. The number of nitrogens with one attached hydrogen (secondary N) is 1. The molecule has 1 fully saturated rings. The van der Waals surface area contributed by atoms with Crippen LogP contribution in [-0.4, -0.2) is 46.4 Å². The van der Waals surface area contributed by atoms with Crippen LogP contribution in [0, 0.1) is 5.92 Å². The molecule has 1 N–H and O–H groups in total. The van der Waals surface area contributed by atoms with E-state index >= 15 is 0 Å². The lowest BCUT2D eigenvalue weighted by atomic mass is 9.99. The van der Waals surface area contributed by atoms with Gasteiger partial charge in [0.1, 0.15) is 5.75 Å². The zero-order valence-electron chi connectivity index (χ0n) is 12.6. The number of alkyl halides is 3. The summed E-state index contributed by atoms with van der Waals surface area (Å²) in [4.78, 5) is 2.06. The Morgan fingerprint density at radius 1 is 1.30 bits per heavy atom. The topological polar surface area (TPSA) is 58.6 Å². The van der Waals surface area contributed by atoms with Crippen molar-refractivity contribution in [2.75, 3.05) is 26.7 Å². The maximum atomic E-state index is 12.2. The Bertz CT molecular complexity index is 617. The Kier molecular flexibility index (Phi) is 5.53. The van der Waals surface area contributed by atoms with Gasteiger partial charge >= 0.3 is 6.36 Å². The average Bonchev–Trinajstić information content (AvgIpc) is 2.44. The maximum absolute atomic E-state index is 12.2. The van der Waals surface area contributed by atoms with Gasteiger partial charge in [-0.25, -0.2) is 13.1 Å². The first-order valence-electron chi connectivity index (χ1n) is 7.20. The molecule has 0 spiro atoms. The Morgan fingerprint density at radius 3 is 2.52 bits per heavy atom. The third-order valence-corrected chi connectivity index (χ3v) is 5.09. The number of hydrogen-bond acceptors (Lipinski definition) is 4. The number of hydrogen-bond donors (Lipinski definition) is 1. The Labute approximate surface area is 133 Å². The molecule has 0 aromatic heterocycles. The zero-order chi connectivity index (χ0) is 17.1. The summed E-state index contributed by atoms with van der Waals surface area (Å²) < 4.78 is 66.8. The fourth-order valence-electron chi connectivity index (χ4n) is 2.57. The van der Waals surface area contributed by atoms with Gasteiger partial charge in [0, 0.05) is 13.1 Å². The van der Waals surface area contributed by atoms with Crippen molar-refractivity contribution in [2.24, 2.45) is 5.92 Å². The third kappa shape index (κ3) is 5.67. The van der Waals surface area contributed by atoms with E-state index in [0.717, 1.165) is 50.2 Å². The Morgan fingerprint density at radius 2 is 1.96 bits per heavy atom. The number of halogens is 3. The van der Waals surface area contributed by atoms with Gasteiger partial charge in [-0.3, -0.25) is 0 Å². The third-order valence-electron chi connectivity index (χ3n) is 3.65. The second-order valence-electron chi connectivity index (χ2n) is 5.64. The molecule has 5 nitrogen and oxygen atoms in total. The van der Waals surface area contributed by atoms with Gasteiger partial charge in [-0.05, 0) is 56.6 Å². The van der Waals surface area contributed by atoms with Crippen LogP contribution in [0.5, 0.6) is 5.75 Å². The largest absolute Gasteiger partial charge is 0.573 e. The van der Waals surface area contributed by atoms with Gasteiger partial charge in [0.05, 0.1) is 4.90 Å². The quantitative estimate of drug-likeness (QED) is 0.883. The molecule has 0 amide bonds. The predicted molar refractivity (Wildman–Crippen MR) is 78.5 cm³/mol. The Hall–Kier alpha value is -1.32. The standard InChI is InChI=1S/C14H19F3N2O3S/c1-19-8-2-3-11(10-19)9-18-23(20,21)13-6-4-12(5-7-13)22-14(15,16)17/h4-7,11,18H,2-3,8-10H2,1H3. The molecule has 23 heavy (non-hydrogen) atoms. The average molecular weight is 352 g/mol. The minimum Gasteiger partial charge on any atom is -0.406 e. The second kappa shape index (κ2) is 7.06. The number of rotatable bonds is 5. The van der Waals surface area contributed by atoms with E-state index in [1.54, 1.807) is 0 Å². The summed E-state index contributed by atoms with van der Waals surface area (Å²) in [5.41, 5.74) is 0. The van der Waals surface area contributed by atoms with Crippen LogP contribution in [0.15, 0.2) is 29.2 Å². The predicted octanol–water partition coefficient (Wildman–Crippen LogP) is 2.21. The van der Waals surface area contributed by atoms with Crippen LogP contribution >= 0.6 is 0 Å². The van der Waals surface area contributed by atoms with Gasteiger partial charge in [-0.15, -0.1) is 13.2 Å². The van der Waals surface area contributed by atoms with Crippen molar-refractivity contribution in [3.8, 4) is 5.75 Å². The molecule has 1 aromatic rings. The highest BCUT2D eigenvalue weighted by molar-refractivity contribution is 7.89. The first kappa shape index (κ1) is 18.0. The van der Waals surface area contributed by atoms with Crippen LogP contribution in [0.25, 0.3) is 0 Å². The van der Waals surface area contributed by atoms with Crippen molar-refractivity contribution in [3.63, 3.8) is 0 Å². The van der Waals surface area contributed by atoms with Gasteiger partial charge in [0.25, 0.3) is 0 Å². The van der Waals surface area contributed by atoms with Crippen LogP contribution < -0.4 is 9.46 Å². The highest BCUT2D eigenvalue weighted by Gasteiger charge is 2.31. The monoisotopic (exact) mass is 352 g/mol. The lowest BCUT2D eigenvalue weighted by molar-refractivity contribution is -0.274. The van der Waals surface area contributed by atoms with E-state index in [4.69, 9.17) is 0 Å². The molecule has 130 valence electrons. The van der Waals surface area contributed by atoms with Gasteiger partial charge in [-0.1, -0.05) is 0 Å². The molecular formula is C14H19F3N2O3S. The molecule has 1 atom stereocenters. The molecule has 0 saturated carbocycles. The lowest BCUT2D eigenvalue weighted by Crippen LogP contribution is -2.39. The number of sulfonamides is 1. The van der Waals surface area contributed by atoms with Crippen molar-refractivity contribution >= 4 is 10.0 Å². The zero-order valence-corrected chi connectivity index (χ0v) is 13.5. The summed E-state index contributed by atoms with van der Waals surface area (Å²) >= 11 is 0. The molecule has 1 saturated heterocycles. The maximum Gasteiger partial charge on any atom is 0.573 e. The molecule has 1 heterocycles. The van der Waals surface area contributed by atoms with E-state index in [2.05, 4.69) is 14.4 Å². The van der Waals surface area contributed by atoms with Crippen molar-refractivity contribution in [1.29, 1.82) is 0 Å². The molecule has 0 aliphatic carbocycles. The fraction of sp³-hybridized carbons (Fsp3) is 0.571. The van der Waals surface area contributed by atoms with E-state index in [1.165, 1.54) is 0 Å². The summed E-state index contributed by atoms with van der Waals surface area (Å²) in [6.45, 7) is 2.14. The van der Waals surface area contributed by atoms with Crippen molar-refractivity contribution in [1.82, 2.24) is 9.62 Å². The minimum atomic E-state index is -4.80. The van der Waals surface area contributed by atoms with Crippen LogP contribution in [-0.2, 0) is 10.0 Å². The highest BCUT2D eigenvalue weighted by atomic mass is 32.2. The fourth-order valence-corrected chi connectivity index (χ4v) is 3.69. The summed E-state index contributed by atoms with van der Waals surface area (Å²) in [6.07, 6.45) is -2.83. The van der Waals surface area contributed by atoms with E-state index < -0.39 is 22.1 Å². The number of benzene rings is 1. The van der Waals surface area contributed by atoms with E-state index in [0.29, 0.717) is 6.54 Å².